The van der Waals surface area contributed by atoms with Gasteiger partial charge in [0, 0.05) is 16.6 Å². The number of hydrogen-bond donors (Lipinski definition) is 1. The van der Waals surface area contributed by atoms with Crippen molar-refractivity contribution in [3.63, 3.8) is 0 Å². The second kappa shape index (κ2) is 6.94. The highest BCUT2D eigenvalue weighted by Crippen LogP contribution is 2.29. The predicted octanol–water partition coefficient (Wildman–Crippen LogP) is 4.65. The summed E-state index contributed by atoms with van der Waals surface area (Å²) in [6.45, 7) is 5.72. The second-order valence-corrected chi connectivity index (χ2v) is 5.60. The Labute approximate surface area is 123 Å². The van der Waals surface area contributed by atoms with Crippen LogP contribution < -0.4 is 10.1 Å². The standard InChI is InChI=1S/C15H18ClNOS/c1-3-17-11(2)14-8-13(16)4-5-15(14)18-9-12-6-7-19-10-12/h4-8,10-11,17H,3,9H2,1-2H3. The highest BCUT2D eigenvalue weighted by atomic mass is 35.5. The molecular weight excluding hydrogens is 278 g/mol. The van der Waals surface area contributed by atoms with Crippen LogP contribution in [0.4, 0.5) is 0 Å². The van der Waals surface area contributed by atoms with Crippen molar-refractivity contribution in [1.82, 2.24) is 5.32 Å². The molecule has 0 aliphatic heterocycles. The maximum Gasteiger partial charge on any atom is 0.124 e. The molecule has 2 nitrogen and oxygen atoms in total. The van der Waals surface area contributed by atoms with Crippen LogP contribution in [0.3, 0.4) is 0 Å². The van der Waals surface area contributed by atoms with E-state index in [0.29, 0.717) is 6.61 Å². The van der Waals surface area contributed by atoms with Gasteiger partial charge in [-0.15, -0.1) is 0 Å². The molecule has 19 heavy (non-hydrogen) atoms. The minimum Gasteiger partial charge on any atom is -0.489 e. The van der Waals surface area contributed by atoms with Crippen molar-refractivity contribution in [3.8, 4) is 5.75 Å². The molecule has 2 rings (SSSR count). The lowest BCUT2D eigenvalue weighted by Crippen LogP contribution is -2.18. The van der Waals surface area contributed by atoms with Gasteiger partial charge in [0.05, 0.1) is 0 Å². The third kappa shape index (κ3) is 3.96. The molecule has 0 fully saturated rings. The lowest BCUT2D eigenvalue weighted by molar-refractivity contribution is 0.300. The van der Waals surface area contributed by atoms with Crippen LogP contribution >= 0.6 is 22.9 Å². The van der Waals surface area contributed by atoms with Gasteiger partial charge in [0.25, 0.3) is 0 Å². The normalized spacial score (nSPS) is 12.4. The van der Waals surface area contributed by atoms with Crippen LogP contribution in [0.25, 0.3) is 0 Å². The number of rotatable bonds is 6. The fourth-order valence-electron chi connectivity index (χ4n) is 1.94. The molecule has 102 valence electrons. The Morgan fingerprint density at radius 2 is 2.21 bits per heavy atom. The summed E-state index contributed by atoms with van der Waals surface area (Å²) >= 11 is 7.76. The van der Waals surface area contributed by atoms with Gasteiger partial charge >= 0.3 is 0 Å². The van der Waals surface area contributed by atoms with Crippen LogP contribution in [0, 0.1) is 0 Å². The van der Waals surface area contributed by atoms with Crippen molar-refractivity contribution in [2.45, 2.75) is 26.5 Å². The van der Waals surface area contributed by atoms with Gasteiger partial charge in [-0.05, 0) is 54.1 Å². The van der Waals surface area contributed by atoms with Crippen molar-refractivity contribution in [2.24, 2.45) is 0 Å². The average molecular weight is 296 g/mol. The molecule has 0 radical (unpaired) electrons. The average Bonchev–Trinajstić information content (AvgIpc) is 2.90. The van der Waals surface area contributed by atoms with Crippen molar-refractivity contribution >= 4 is 22.9 Å². The highest BCUT2D eigenvalue weighted by Gasteiger charge is 2.11. The zero-order valence-corrected chi connectivity index (χ0v) is 12.7. The molecule has 0 saturated carbocycles. The molecule has 1 atom stereocenters. The first kappa shape index (κ1) is 14.4. The van der Waals surface area contributed by atoms with E-state index in [0.717, 1.165) is 22.9 Å². The van der Waals surface area contributed by atoms with Crippen LogP contribution in [0.2, 0.25) is 5.02 Å². The summed E-state index contributed by atoms with van der Waals surface area (Å²) in [6.07, 6.45) is 0. The molecular formula is C15H18ClNOS. The van der Waals surface area contributed by atoms with Crippen molar-refractivity contribution in [1.29, 1.82) is 0 Å². The van der Waals surface area contributed by atoms with Gasteiger partial charge in [0.2, 0.25) is 0 Å². The SMILES string of the molecule is CCNC(C)c1cc(Cl)ccc1OCc1ccsc1. The molecule has 1 N–H and O–H groups in total. The fraction of sp³-hybridized carbons (Fsp3) is 0.333. The van der Waals surface area contributed by atoms with Gasteiger partial charge in [0.1, 0.15) is 12.4 Å². The highest BCUT2D eigenvalue weighted by molar-refractivity contribution is 7.07. The number of nitrogens with one attached hydrogen (secondary N) is 1. The van der Waals surface area contributed by atoms with Gasteiger partial charge in [-0.3, -0.25) is 0 Å². The first-order valence-electron chi connectivity index (χ1n) is 6.37. The smallest absolute Gasteiger partial charge is 0.124 e. The molecule has 0 spiro atoms. The molecule has 0 amide bonds. The van der Waals surface area contributed by atoms with E-state index in [4.69, 9.17) is 16.3 Å². The van der Waals surface area contributed by atoms with Crippen LogP contribution in [-0.2, 0) is 6.61 Å². The largest absolute Gasteiger partial charge is 0.489 e. The quantitative estimate of drug-likeness (QED) is 0.837. The number of ether oxygens (including phenoxy) is 1. The Morgan fingerprint density at radius 1 is 1.37 bits per heavy atom. The summed E-state index contributed by atoms with van der Waals surface area (Å²) in [5.74, 6) is 0.893. The van der Waals surface area contributed by atoms with E-state index in [1.54, 1.807) is 11.3 Å². The molecule has 1 unspecified atom stereocenters. The third-order valence-corrected chi connectivity index (χ3v) is 3.89. The summed E-state index contributed by atoms with van der Waals surface area (Å²) in [5.41, 5.74) is 2.30. The second-order valence-electron chi connectivity index (χ2n) is 4.38. The molecule has 0 aliphatic carbocycles. The molecule has 1 aromatic carbocycles. The molecule has 0 saturated heterocycles. The van der Waals surface area contributed by atoms with E-state index in [1.165, 1.54) is 5.56 Å². The molecule has 2 aromatic rings. The van der Waals surface area contributed by atoms with E-state index < -0.39 is 0 Å². The summed E-state index contributed by atoms with van der Waals surface area (Å²) in [7, 11) is 0. The van der Waals surface area contributed by atoms with E-state index in [9.17, 15) is 0 Å². The van der Waals surface area contributed by atoms with Gasteiger partial charge in [0.15, 0.2) is 0 Å². The van der Waals surface area contributed by atoms with Crippen LogP contribution in [0.5, 0.6) is 5.75 Å². The first-order chi connectivity index (χ1) is 9.20. The first-order valence-corrected chi connectivity index (χ1v) is 7.69. The zero-order chi connectivity index (χ0) is 13.7. The topological polar surface area (TPSA) is 21.3 Å². The number of halogens is 1. The van der Waals surface area contributed by atoms with E-state index in [1.807, 2.05) is 18.2 Å². The summed E-state index contributed by atoms with van der Waals surface area (Å²) in [4.78, 5) is 0. The van der Waals surface area contributed by atoms with Crippen molar-refractivity contribution in [3.05, 3.63) is 51.2 Å². The molecule has 4 heteroatoms. The Balaban J connectivity index is 2.14. The van der Waals surface area contributed by atoms with Gasteiger partial charge in [-0.2, -0.15) is 11.3 Å². The lowest BCUT2D eigenvalue weighted by Gasteiger charge is -2.18. The molecule has 0 aliphatic rings. The van der Waals surface area contributed by atoms with E-state index in [2.05, 4.69) is 36.0 Å². The van der Waals surface area contributed by atoms with E-state index >= 15 is 0 Å². The van der Waals surface area contributed by atoms with Gasteiger partial charge < -0.3 is 10.1 Å². The van der Waals surface area contributed by atoms with Crippen LogP contribution in [-0.4, -0.2) is 6.54 Å². The summed E-state index contributed by atoms with van der Waals surface area (Å²) in [6, 6.07) is 8.08. The molecule has 1 aromatic heterocycles. The van der Waals surface area contributed by atoms with Gasteiger partial charge in [-0.1, -0.05) is 18.5 Å². The van der Waals surface area contributed by atoms with Crippen molar-refractivity contribution < 1.29 is 4.74 Å². The Kier molecular flexibility index (Phi) is 5.25. The minimum atomic E-state index is 0.223. The Bertz CT molecular complexity index is 513. The van der Waals surface area contributed by atoms with E-state index in [-0.39, 0.29) is 6.04 Å². The van der Waals surface area contributed by atoms with Crippen molar-refractivity contribution in [2.75, 3.05) is 6.54 Å². The molecule has 0 bridgehead atoms. The van der Waals surface area contributed by atoms with Crippen LogP contribution in [0.15, 0.2) is 35.0 Å². The monoisotopic (exact) mass is 295 g/mol. The zero-order valence-electron chi connectivity index (χ0n) is 11.2. The maximum atomic E-state index is 6.08. The Hall–Kier alpha value is -1.03. The Morgan fingerprint density at radius 3 is 2.89 bits per heavy atom. The lowest BCUT2D eigenvalue weighted by atomic mass is 10.1. The summed E-state index contributed by atoms with van der Waals surface area (Å²) in [5, 5.41) is 8.28. The number of thiophene rings is 1. The number of benzene rings is 1. The fourth-order valence-corrected chi connectivity index (χ4v) is 2.78. The number of hydrogen-bond acceptors (Lipinski definition) is 3. The minimum absolute atomic E-state index is 0.223. The summed E-state index contributed by atoms with van der Waals surface area (Å²) < 4.78 is 5.91. The predicted molar refractivity (Wildman–Crippen MR) is 82.2 cm³/mol. The van der Waals surface area contributed by atoms with Gasteiger partial charge in [-0.25, -0.2) is 0 Å². The van der Waals surface area contributed by atoms with Crippen LogP contribution in [0.1, 0.15) is 31.0 Å². The maximum absolute atomic E-state index is 6.08. The third-order valence-electron chi connectivity index (χ3n) is 2.92. The molecule has 1 heterocycles.